The summed E-state index contributed by atoms with van der Waals surface area (Å²) in [4.78, 5) is 39.7. The van der Waals surface area contributed by atoms with Gasteiger partial charge in [-0.3, -0.25) is 14.4 Å². The van der Waals surface area contributed by atoms with E-state index in [-0.39, 0.29) is 44.7 Å². The van der Waals surface area contributed by atoms with Gasteiger partial charge in [-0.1, -0.05) is 29.3 Å². The van der Waals surface area contributed by atoms with E-state index >= 15 is 0 Å². The van der Waals surface area contributed by atoms with Gasteiger partial charge < -0.3 is 30.5 Å². The van der Waals surface area contributed by atoms with Crippen LogP contribution >= 0.6 is 23.2 Å². The summed E-state index contributed by atoms with van der Waals surface area (Å²) >= 11 is 11.9. The molecule has 1 aromatic rings. The minimum absolute atomic E-state index is 0.0121. The molecule has 2 amide bonds. The standard InChI is InChI=1S/C20H25Cl2N3O6/c1-24(10-12-3-4-14(21)15(22)9-12)17(28)13-11-25(18(29)16(13)27)7-5-20(23,6-8-26)19(30)31-2/h3-4,9,26-27H,5-8,10-11,23H2,1-2H3. The molecule has 31 heavy (non-hydrogen) atoms. The maximum absolute atomic E-state index is 12.8. The first-order valence-corrected chi connectivity index (χ1v) is 10.2. The fraction of sp³-hybridized carbons (Fsp3) is 0.450. The first kappa shape index (κ1) is 24.9. The molecule has 2 rings (SSSR count). The van der Waals surface area contributed by atoms with Crippen molar-refractivity contribution in [2.45, 2.75) is 24.9 Å². The molecule has 170 valence electrons. The van der Waals surface area contributed by atoms with E-state index < -0.39 is 29.1 Å². The van der Waals surface area contributed by atoms with E-state index in [0.717, 1.165) is 5.56 Å². The van der Waals surface area contributed by atoms with Gasteiger partial charge in [0.15, 0.2) is 5.76 Å². The average molecular weight is 474 g/mol. The summed E-state index contributed by atoms with van der Waals surface area (Å²) in [5.41, 5.74) is 5.20. The van der Waals surface area contributed by atoms with Crippen molar-refractivity contribution in [3.8, 4) is 0 Å². The number of aliphatic hydroxyl groups excluding tert-OH is 2. The molecule has 0 saturated carbocycles. The van der Waals surface area contributed by atoms with E-state index in [1.807, 2.05) is 0 Å². The number of aliphatic hydroxyl groups is 2. The fourth-order valence-electron chi connectivity index (χ4n) is 3.25. The Labute approximate surface area is 189 Å². The Kier molecular flexibility index (Phi) is 8.30. The Morgan fingerprint density at radius 2 is 1.97 bits per heavy atom. The SMILES string of the molecule is COC(=O)C(N)(CCO)CCN1CC(C(=O)N(C)Cc2ccc(Cl)c(Cl)c2)=C(O)C1=O. The molecule has 0 saturated heterocycles. The average Bonchev–Trinajstić information content (AvgIpc) is 3.02. The topological polar surface area (TPSA) is 133 Å². The van der Waals surface area contributed by atoms with Crippen LogP contribution in [0.25, 0.3) is 0 Å². The van der Waals surface area contributed by atoms with Crippen LogP contribution in [0, 0.1) is 0 Å². The predicted molar refractivity (Wildman–Crippen MR) is 114 cm³/mol. The van der Waals surface area contributed by atoms with E-state index in [4.69, 9.17) is 28.9 Å². The summed E-state index contributed by atoms with van der Waals surface area (Å²) in [6.45, 7) is -0.300. The summed E-state index contributed by atoms with van der Waals surface area (Å²) in [6.07, 6.45) is -0.0703. The Bertz CT molecular complexity index is 907. The lowest BCUT2D eigenvalue weighted by molar-refractivity contribution is -0.148. The van der Waals surface area contributed by atoms with Crippen molar-refractivity contribution in [1.29, 1.82) is 0 Å². The van der Waals surface area contributed by atoms with Gasteiger partial charge in [-0.25, -0.2) is 0 Å². The number of nitrogens with two attached hydrogens (primary N) is 1. The van der Waals surface area contributed by atoms with Crippen molar-refractivity contribution in [2.75, 3.05) is 33.9 Å². The number of benzene rings is 1. The molecule has 1 aromatic carbocycles. The Morgan fingerprint density at radius 3 is 2.55 bits per heavy atom. The normalized spacial score (nSPS) is 15.8. The second-order valence-corrected chi connectivity index (χ2v) is 8.15. The Hall–Kier alpha value is -2.33. The molecule has 11 heteroatoms. The van der Waals surface area contributed by atoms with Crippen LogP contribution in [0.1, 0.15) is 18.4 Å². The first-order chi connectivity index (χ1) is 14.5. The van der Waals surface area contributed by atoms with Crippen LogP contribution in [0.5, 0.6) is 0 Å². The maximum Gasteiger partial charge on any atom is 0.325 e. The lowest BCUT2D eigenvalue weighted by Gasteiger charge is -2.28. The quantitative estimate of drug-likeness (QED) is 0.459. The van der Waals surface area contributed by atoms with E-state index in [2.05, 4.69) is 4.74 Å². The first-order valence-electron chi connectivity index (χ1n) is 9.43. The summed E-state index contributed by atoms with van der Waals surface area (Å²) in [5, 5.41) is 20.1. The van der Waals surface area contributed by atoms with Crippen molar-refractivity contribution in [3.05, 3.63) is 45.1 Å². The molecule has 0 bridgehead atoms. The number of methoxy groups -OCH3 is 1. The molecule has 1 aliphatic rings. The molecular weight excluding hydrogens is 449 g/mol. The number of esters is 1. The highest BCUT2D eigenvalue weighted by Crippen LogP contribution is 2.25. The van der Waals surface area contributed by atoms with Gasteiger partial charge in [-0.05, 0) is 30.5 Å². The highest BCUT2D eigenvalue weighted by molar-refractivity contribution is 6.42. The van der Waals surface area contributed by atoms with E-state index in [1.165, 1.54) is 24.0 Å². The van der Waals surface area contributed by atoms with Crippen LogP contribution in [-0.4, -0.2) is 77.2 Å². The van der Waals surface area contributed by atoms with Crippen molar-refractivity contribution in [3.63, 3.8) is 0 Å². The number of hydrogen-bond donors (Lipinski definition) is 3. The second kappa shape index (κ2) is 10.3. The molecule has 0 fully saturated rings. The van der Waals surface area contributed by atoms with E-state index in [9.17, 15) is 24.6 Å². The van der Waals surface area contributed by atoms with Crippen LogP contribution < -0.4 is 5.73 Å². The van der Waals surface area contributed by atoms with Crippen LogP contribution in [-0.2, 0) is 25.7 Å². The number of halogens is 2. The van der Waals surface area contributed by atoms with Gasteiger partial charge >= 0.3 is 5.97 Å². The number of carbonyl (C=O) groups is 3. The Morgan fingerprint density at radius 1 is 1.29 bits per heavy atom. The van der Waals surface area contributed by atoms with E-state index in [1.54, 1.807) is 18.2 Å². The Balaban J connectivity index is 2.06. The summed E-state index contributed by atoms with van der Waals surface area (Å²) in [6, 6.07) is 4.96. The van der Waals surface area contributed by atoms with Crippen LogP contribution in [0.4, 0.5) is 0 Å². The van der Waals surface area contributed by atoms with Gasteiger partial charge in [0, 0.05) is 26.7 Å². The van der Waals surface area contributed by atoms with Gasteiger partial charge in [0.05, 0.1) is 29.3 Å². The third-order valence-corrected chi connectivity index (χ3v) is 5.85. The largest absolute Gasteiger partial charge is 0.503 e. The molecule has 9 nitrogen and oxygen atoms in total. The van der Waals surface area contributed by atoms with Gasteiger partial charge in [-0.15, -0.1) is 0 Å². The number of likely N-dealkylation sites (N-methyl/N-ethyl adjacent to an activating group) is 1. The summed E-state index contributed by atoms with van der Waals surface area (Å²) < 4.78 is 4.68. The fourth-order valence-corrected chi connectivity index (χ4v) is 3.57. The van der Waals surface area contributed by atoms with Crippen molar-refractivity contribution in [2.24, 2.45) is 5.73 Å². The maximum atomic E-state index is 12.8. The molecule has 0 spiro atoms. The minimum Gasteiger partial charge on any atom is -0.503 e. The van der Waals surface area contributed by atoms with Crippen molar-refractivity contribution in [1.82, 2.24) is 9.80 Å². The monoisotopic (exact) mass is 473 g/mol. The zero-order valence-corrected chi connectivity index (χ0v) is 18.7. The van der Waals surface area contributed by atoms with Gasteiger partial charge in [-0.2, -0.15) is 0 Å². The molecular formula is C20H25Cl2N3O6. The van der Waals surface area contributed by atoms with Crippen LogP contribution in [0.2, 0.25) is 10.0 Å². The molecule has 1 unspecified atom stereocenters. The smallest absolute Gasteiger partial charge is 0.325 e. The van der Waals surface area contributed by atoms with Crippen molar-refractivity contribution >= 4 is 41.0 Å². The lowest BCUT2D eigenvalue weighted by Crippen LogP contribution is -2.51. The van der Waals surface area contributed by atoms with Gasteiger partial charge in [0.2, 0.25) is 0 Å². The minimum atomic E-state index is -1.49. The van der Waals surface area contributed by atoms with E-state index in [0.29, 0.717) is 10.0 Å². The summed E-state index contributed by atoms with van der Waals surface area (Å²) in [5.74, 6) is -2.62. The second-order valence-electron chi connectivity index (χ2n) is 7.33. The number of hydrogen-bond acceptors (Lipinski definition) is 7. The highest BCUT2D eigenvalue weighted by Gasteiger charge is 2.39. The molecule has 0 aliphatic carbocycles. The van der Waals surface area contributed by atoms with Crippen LogP contribution in [0.15, 0.2) is 29.5 Å². The third kappa shape index (κ3) is 5.68. The molecule has 0 radical (unpaired) electrons. The molecule has 4 N–H and O–H groups in total. The molecule has 1 atom stereocenters. The number of ether oxygens (including phenoxy) is 1. The number of amides is 2. The lowest BCUT2D eigenvalue weighted by atomic mass is 9.92. The third-order valence-electron chi connectivity index (χ3n) is 5.11. The number of rotatable bonds is 9. The van der Waals surface area contributed by atoms with Gasteiger partial charge in [0.1, 0.15) is 5.54 Å². The number of nitrogens with zero attached hydrogens (tertiary/aromatic N) is 2. The number of carbonyl (C=O) groups excluding carboxylic acids is 3. The molecule has 1 aliphatic heterocycles. The predicted octanol–water partition coefficient (Wildman–Crippen LogP) is 1.25. The van der Waals surface area contributed by atoms with Gasteiger partial charge in [0.25, 0.3) is 11.8 Å². The van der Waals surface area contributed by atoms with Crippen molar-refractivity contribution < 1.29 is 29.3 Å². The zero-order valence-electron chi connectivity index (χ0n) is 17.2. The molecule has 1 heterocycles. The van der Waals surface area contributed by atoms with Crippen LogP contribution in [0.3, 0.4) is 0 Å². The highest BCUT2D eigenvalue weighted by atomic mass is 35.5. The molecule has 0 aromatic heterocycles. The zero-order chi connectivity index (χ0) is 23.3. The summed E-state index contributed by atoms with van der Waals surface area (Å²) in [7, 11) is 2.71.